The third-order valence-electron chi connectivity index (χ3n) is 6.46. The predicted molar refractivity (Wildman–Crippen MR) is 113 cm³/mol. The maximum Gasteiger partial charge on any atom is 0.434 e. The van der Waals surface area contributed by atoms with Crippen LogP contribution in [0.1, 0.15) is 31.4 Å². The highest BCUT2D eigenvalue weighted by molar-refractivity contribution is 7.99. The number of nitrogens with zero attached hydrogens (tertiary/aromatic N) is 4. The van der Waals surface area contributed by atoms with Gasteiger partial charge in [-0.25, -0.2) is 8.78 Å². The Morgan fingerprint density at radius 1 is 1.24 bits per heavy atom. The zero-order chi connectivity index (χ0) is 24.2. The maximum atomic E-state index is 13.9. The van der Waals surface area contributed by atoms with Crippen molar-refractivity contribution in [2.45, 2.75) is 53.6 Å². The Kier molecular flexibility index (Phi) is 5.84. The van der Waals surface area contributed by atoms with Crippen molar-refractivity contribution in [2.75, 3.05) is 23.7 Å². The van der Waals surface area contributed by atoms with Crippen molar-refractivity contribution >= 4 is 23.5 Å². The first-order valence-corrected chi connectivity index (χ1v) is 11.1. The number of anilines is 2. The van der Waals surface area contributed by atoms with Crippen LogP contribution in [0.5, 0.6) is 0 Å². The highest BCUT2D eigenvalue weighted by Crippen LogP contribution is 2.52. The van der Waals surface area contributed by atoms with Gasteiger partial charge in [0.15, 0.2) is 5.69 Å². The summed E-state index contributed by atoms with van der Waals surface area (Å²) in [4.78, 5) is 22.0. The molecule has 2 aromatic rings. The van der Waals surface area contributed by atoms with Gasteiger partial charge in [0.1, 0.15) is 10.7 Å². The average molecular weight is 491 g/mol. The zero-order valence-electron chi connectivity index (χ0n) is 17.7. The minimum absolute atomic E-state index is 0.148. The van der Waals surface area contributed by atoms with E-state index in [0.29, 0.717) is 37.7 Å². The molecule has 33 heavy (non-hydrogen) atoms. The quantitative estimate of drug-likeness (QED) is 0.637. The van der Waals surface area contributed by atoms with Crippen LogP contribution in [-0.4, -0.2) is 39.6 Å². The molecule has 2 aliphatic rings. The number of aromatic nitrogens is 3. The van der Waals surface area contributed by atoms with Crippen molar-refractivity contribution in [3.63, 3.8) is 0 Å². The lowest BCUT2D eigenvalue weighted by Gasteiger charge is -2.42. The second-order valence-electron chi connectivity index (χ2n) is 8.63. The number of rotatable bonds is 3. The highest BCUT2D eigenvalue weighted by Gasteiger charge is 2.55. The first kappa shape index (κ1) is 23.7. The van der Waals surface area contributed by atoms with Gasteiger partial charge in [0.05, 0.1) is 0 Å². The number of alkyl halides is 5. The number of hydrogen-bond acceptors (Lipinski definition) is 7. The molecule has 4 N–H and O–H groups in total. The molecule has 0 radical (unpaired) electrons. The van der Waals surface area contributed by atoms with Crippen LogP contribution in [0.4, 0.5) is 33.7 Å². The molecular formula is C20H23F5N6OS. The van der Waals surface area contributed by atoms with Crippen LogP contribution in [0.2, 0.25) is 0 Å². The van der Waals surface area contributed by atoms with E-state index in [0.717, 1.165) is 6.20 Å². The Morgan fingerprint density at radius 3 is 2.48 bits per heavy atom. The fourth-order valence-electron chi connectivity index (χ4n) is 4.72. The SMILES string of the molecule is Cn1c(N2CCC3(CC2)CC(F)(F)C[C@H]3N)nc(N)c(Sc2cccnc2C(F)(F)F)c1=O. The van der Waals surface area contributed by atoms with Crippen LogP contribution in [-0.2, 0) is 13.2 Å². The number of hydrogen-bond donors (Lipinski definition) is 2. The van der Waals surface area contributed by atoms with E-state index < -0.39 is 34.8 Å². The van der Waals surface area contributed by atoms with Crippen LogP contribution in [0.3, 0.4) is 0 Å². The van der Waals surface area contributed by atoms with Gasteiger partial charge < -0.3 is 16.4 Å². The van der Waals surface area contributed by atoms with Crippen molar-refractivity contribution < 1.29 is 22.0 Å². The third-order valence-corrected chi connectivity index (χ3v) is 7.60. The Morgan fingerprint density at radius 2 is 1.91 bits per heavy atom. The Bertz CT molecular complexity index is 1110. The number of halogens is 5. The van der Waals surface area contributed by atoms with Crippen LogP contribution in [0.25, 0.3) is 0 Å². The van der Waals surface area contributed by atoms with E-state index >= 15 is 0 Å². The smallest absolute Gasteiger partial charge is 0.382 e. The second kappa shape index (κ2) is 8.12. The van der Waals surface area contributed by atoms with Gasteiger partial charge in [-0.3, -0.25) is 14.3 Å². The molecule has 1 atom stereocenters. The summed E-state index contributed by atoms with van der Waals surface area (Å²) in [6, 6.07) is 1.94. The number of pyridine rings is 1. The molecule has 4 rings (SSSR count). The number of nitrogen functional groups attached to an aromatic ring is 1. The molecule has 0 bridgehead atoms. The predicted octanol–water partition coefficient (Wildman–Crippen LogP) is 3.27. The Labute approximate surface area is 190 Å². The summed E-state index contributed by atoms with van der Waals surface area (Å²) >= 11 is 0.557. The lowest BCUT2D eigenvalue weighted by atomic mass is 9.74. The van der Waals surface area contributed by atoms with Crippen LogP contribution < -0.4 is 21.9 Å². The van der Waals surface area contributed by atoms with Crippen molar-refractivity contribution in [1.82, 2.24) is 14.5 Å². The summed E-state index contributed by atoms with van der Waals surface area (Å²) in [7, 11) is 1.45. The fraction of sp³-hybridized carbons (Fsp3) is 0.550. The summed E-state index contributed by atoms with van der Waals surface area (Å²) in [6.07, 6.45) is -3.44. The van der Waals surface area contributed by atoms with Gasteiger partial charge in [0.25, 0.3) is 5.56 Å². The molecule has 1 aliphatic heterocycles. The molecule has 180 valence electrons. The van der Waals surface area contributed by atoms with E-state index in [2.05, 4.69) is 9.97 Å². The number of nitrogens with two attached hydrogens (primary N) is 2. The van der Waals surface area contributed by atoms with Gasteiger partial charge in [0.2, 0.25) is 11.9 Å². The van der Waals surface area contributed by atoms with E-state index in [4.69, 9.17) is 11.5 Å². The number of piperidine rings is 1. The largest absolute Gasteiger partial charge is 0.434 e. The molecule has 1 saturated heterocycles. The molecule has 0 unspecified atom stereocenters. The van der Waals surface area contributed by atoms with E-state index in [1.54, 1.807) is 4.90 Å². The molecule has 1 aliphatic carbocycles. The summed E-state index contributed by atoms with van der Waals surface area (Å²) in [5.74, 6) is -2.76. The summed E-state index contributed by atoms with van der Waals surface area (Å²) < 4.78 is 68.8. The van der Waals surface area contributed by atoms with Gasteiger partial charge >= 0.3 is 6.18 Å². The van der Waals surface area contributed by atoms with Gasteiger partial charge in [-0.05, 0) is 30.4 Å². The molecule has 1 saturated carbocycles. The van der Waals surface area contributed by atoms with Crippen molar-refractivity contribution in [3.8, 4) is 0 Å². The molecule has 2 fully saturated rings. The lowest BCUT2D eigenvalue weighted by Crippen LogP contribution is -2.48. The molecule has 7 nitrogen and oxygen atoms in total. The van der Waals surface area contributed by atoms with Crippen molar-refractivity contribution in [3.05, 3.63) is 34.4 Å². The third kappa shape index (κ3) is 4.39. The molecule has 3 heterocycles. The molecule has 2 aromatic heterocycles. The van der Waals surface area contributed by atoms with Gasteiger partial charge in [0, 0.05) is 50.1 Å². The summed E-state index contributed by atoms with van der Waals surface area (Å²) in [5, 5.41) is 0. The normalized spacial score (nSPS) is 22.2. The fourth-order valence-corrected chi connectivity index (χ4v) is 5.72. The maximum absolute atomic E-state index is 13.9. The Hall–Kier alpha value is -2.41. The molecule has 0 amide bonds. The molecule has 0 aromatic carbocycles. The average Bonchev–Trinajstić information content (AvgIpc) is 2.96. The van der Waals surface area contributed by atoms with Gasteiger partial charge in [-0.1, -0.05) is 11.8 Å². The molecular weight excluding hydrogens is 467 g/mol. The topological polar surface area (TPSA) is 103 Å². The van der Waals surface area contributed by atoms with Crippen LogP contribution >= 0.6 is 11.8 Å². The minimum atomic E-state index is -4.70. The molecule has 1 spiro atoms. The van der Waals surface area contributed by atoms with Crippen LogP contribution in [0, 0.1) is 5.41 Å². The summed E-state index contributed by atoms with van der Waals surface area (Å²) in [5.41, 5.74) is 9.64. The van der Waals surface area contributed by atoms with Gasteiger partial charge in [-0.15, -0.1) is 0 Å². The minimum Gasteiger partial charge on any atom is -0.382 e. The first-order valence-electron chi connectivity index (χ1n) is 10.3. The zero-order valence-corrected chi connectivity index (χ0v) is 18.5. The molecule has 13 heteroatoms. The van der Waals surface area contributed by atoms with E-state index in [1.165, 1.54) is 23.7 Å². The van der Waals surface area contributed by atoms with Gasteiger partial charge in [-0.2, -0.15) is 18.2 Å². The van der Waals surface area contributed by atoms with E-state index in [-0.39, 0.29) is 34.4 Å². The van der Waals surface area contributed by atoms with E-state index in [9.17, 15) is 26.7 Å². The summed E-state index contributed by atoms with van der Waals surface area (Å²) in [6.45, 7) is 0.716. The second-order valence-corrected chi connectivity index (χ2v) is 9.69. The van der Waals surface area contributed by atoms with Crippen molar-refractivity contribution in [2.24, 2.45) is 18.2 Å². The first-order chi connectivity index (χ1) is 15.3. The lowest BCUT2D eigenvalue weighted by molar-refractivity contribution is -0.143. The van der Waals surface area contributed by atoms with Crippen molar-refractivity contribution in [1.29, 1.82) is 0 Å². The highest BCUT2D eigenvalue weighted by atomic mass is 32.2. The standard InChI is InChI=1S/C20H23F5N6OS/c1-30-16(32)13(33-11-3-2-6-28-14(11)20(23,24)25)15(27)29-17(30)31-7-4-18(5-8-31)10-19(21,22)9-12(18)26/h2-3,6,12H,4-5,7-10,26-27H2,1H3/t12-/m1/s1. The van der Waals surface area contributed by atoms with E-state index in [1.807, 2.05) is 0 Å². The van der Waals surface area contributed by atoms with Crippen LogP contribution in [0.15, 0.2) is 32.9 Å². The monoisotopic (exact) mass is 490 g/mol. The Balaban J connectivity index is 1.59.